The molecule has 1 nitrogen and oxygen atoms in total. The minimum atomic E-state index is 0.167. The molecule has 1 aliphatic heterocycles. The van der Waals surface area contributed by atoms with E-state index in [1.807, 2.05) is 18.2 Å². The lowest BCUT2D eigenvalue weighted by atomic mass is 10.1. The van der Waals surface area contributed by atoms with Gasteiger partial charge in [0.1, 0.15) is 11.9 Å². The van der Waals surface area contributed by atoms with Crippen LogP contribution < -0.4 is 0 Å². The Morgan fingerprint density at radius 3 is 3.17 bits per heavy atom. The standard InChI is InChI=1S/C11H8O/c1-3-8-7-9-4-2-6-11(9)12-10(8)5-1/h1-7,10H. The Morgan fingerprint density at radius 2 is 2.17 bits per heavy atom. The minimum absolute atomic E-state index is 0.167. The lowest BCUT2D eigenvalue weighted by Crippen LogP contribution is -2.14. The summed E-state index contributed by atoms with van der Waals surface area (Å²) in [6.45, 7) is 0. The van der Waals surface area contributed by atoms with E-state index in [0.717, 1.165) is 5.76 Å². The van der Waals surface area contributed by atoms with Gasteiger partial charge in [0.15, 0.2) is 0 Å². The predicted molar refractivity (Wildman–Crippen MR) is 47.4 cm³/mol. The molecule has 1 atom stereocenters. The molecule has 3 aliphatic rings. The molecule has 3 rings (SSSR count). The van der Waals surface area contributed by atoms with Gasteiger partial charge in [0.05, 0.1) is 0 Å². The van der Waals surface area contributed by atoms with Crippen molar-refractivity contribution in [3.8, 4) is 0 Å². The van der Waals surface area contributed by atoms with E-state index in [4.69, 9.17) is 4.74 Å². The molecule has 58 valence electrons. The molecule has 0 bridgehead atoms. The zero-order valence-corrected chi connectivity index (χ0v) is 6.53. The average molecular weight is 156 g/mol. The zero-order valence-electron chi connectivity index (χ0n) is 6.53. The van der Waals surface area contributed by atoms with Crippen molar-refractivity contribution >= 4 is 0 Å². The maximum atomic E-state index is 5.71. The van der Waals surface area contributed by atoms with Crippen LogP contribution in [0.3, 0.4) is 0 Å². The van der Waals surface area contributed by atoms with Crippen LogP contribution in [0.15, 0.2) is 59.4 Å². The van der Waals surface area contributed by atoms with E-state index in [0.29, 0.717) is 0 Å². The highest BCUT2D eigenvalue weighted by Crippen LogP contribution is 2.32. The van der Waals surface area contributed by atoms with Crippen LogP contribution in [0.4, 0.5) is 0 Å². The lowest BCUT2D eigenvalue weighted by Gasteiger charge is -2.21. The molecule has 0 saturated heterocycles. The van der Waals surface area contributed by atoms with Crippen molar-refractivity contribution in [1.29, 1.82) is 0 Å². The molecule has 0 amide bonds. The van der Waals surface area contributed by atoms with Gasteiger partial charge in [-0.25, -0.2) is 0 Å². The van der Waals surface area contributed by atoms with Gasteiger partial charge < -0.3 is 4.74 Å². The Kier molecular flexibility index (Phi) is 1.01. The van der Waals surface area contributed by atoms with E-state index < -0.39 is 0 Å². The minimum Gasteiger partial charge on any atom is -0.481 e. The summed E-state index contributed by atoms with van der Waals surface area (Å²) in [5.74, 6) is 1.00. The van der Waals surface area contributed by atoms with Gasteiger partial charge in [-0.05, 0) is 23.8 Å². The molecule has 0 fully saturated rings. The molecule has 0 aromatic heterocycles. The summed E-state index contributed by atoms with van der Waals surface area (Å²) >= 11 is 0. The van der Waals surface area contributed by atoms with Crippen LogP contribution in [0.5, 0.6) is 0 Å². The second kappa shape index (κ2) is 2.01. The number of allylic oxidation sites excluding steroid dienone is 5. The zero-order chi connectivity index (χ0) is 7.97. The van der Waals surface area contributed by atoms with Crippen molar-refractivity contribution in [2.45, 2.75) is 6.10 Å². The predicted octanol–water partition coefficient (Wildman–Crippen LogP) is 2.26. The van der Waals surface area contributed by atoms with Gasteiger partial charge in [-0.2, -0.15) is 0 Å². The lowest BCUT2D eigenvalue weighted by molar-refractivity contribution is 0.190. The molecule has 12 heavy (non-hydrogen) atoms. The molecule has 0 N–H and O–H groups in total. The Hall–Kier alpha value is -1.50. The monoisotopic (exact) mass is 156 g/mol. The number of hydrogen-bond acceptors (Lipinski definition) is 1. The fraction of sp³-hybridized carbons (Fsp3) is 0.0909. The quantitative estimate of drug-likeness (QED) is 0.522. The first-order chi connectivity index (χ1) is 5.93. The molecule has 0 radical (unpaired) electrons. The van der Waals surface area contributed by atoms with Gasteiger partial charge in [0.25, 0.3) is 0 Å². The average Bonchev–Trinajstić information content (AvgIpc) is 2.64. The fourth-order valence-electron chi connectivity index (χ4n) is 1.67. The van der Waals surface area contributed by atoms with E-state index >= 15 is 0 Å². The van der Waals surface area contributed by atoms with Crippen molar-refractivity contribution in [2.75, 3.05) is 0 Å². The maximum Gasteiger partial charge on any atom is 0.142 e. The first kappa shape index (κ1) is 6.06. The van der Waals surface area contributed by atoms with Crippen molar-refractivity contribution in [2.24, 2.45) is 0 Å². The SMILES string of the molecule is C1=CC2=CC3=CC=CC3OC2=C1. The Labute approximate surface area is 71.0 Å². The summed E-state index contributed by atoms with van der Waals surface area (Å²) in [5.41, 5.74) is 2.45. The van der Waals surface area contributed by atoms with E-state index in [-0.39, 0.29) is 6.10 Å². The van der Waals surface area contributed by atoms with Crippen LogP contribution in [-0.4, -0.2) is 6.10 Å². The van der Waals surface area contributed by atoms with Gasteiger partial charge in [0.2, 0.25) is 0 Å². The highest BCUT2D eigenvalue weighted by molar-refractivity contribution is 5.54. The summed E-state index contributed by atoms with van der Waals surface area (Å²) in [5, 5.41) is 0. The van der Waals surface area contributed by atoms with Crippen LogP contribution in [0.2, 0.25) is 0 Å². The third kappa shape index (κ3) is 0.681. The van der Waals surface area contributed by atoms with Crippen LogP contribution in [-0.2, 0) is 4.74 Å². The highest BCUT2D eigenvalue weighted by atomic mass is 16.5. The van der Waals surface area contributed by atoms with Crippen molar-refractivity contribution < 1.29 is 4.74 Å². The summed E-state index contributed by atoms with van der Waals surface area (Å²) < 4.78 is 5.71. The Morgan fingerprint density at radius 1 is 1.17 bits per heavy atom. The second-order valence-corrected chi connectivity index (χ2v) is 3.08. The maximum absolute atomic E-state index is 5.71. The van der Waals surface area contributed by atoms with Gasteiger partial charge in [0, 0.05) is 5.57 Å². The summed E-state index contributed by atoms with van der Waals surface area (Å²) in [7, 11) is 0. The molecule has 2 aliphatic carbocycles. The van der Waals surface area contributed by atoms with Crippen LogP contribution >= 0.6 is 0 Å². The third-order valence-electron chi connectivity index (χ3n) is 2.29. The van der Waals surface area contributed by atoms with Crippen LogP contribution in [0.1, 0.15) is 0 Å². The smallest absolute Gasteiger partial charge is 0.142 e. The van der Waals surface area contributed by atoms with Crippen LogP contribution in [0, 0.1) is 0 Å². The number of fused-ring (bicyclic) bond motifs is 2. The molecular formula is C11H8O. The van der Waals surface area contributed by atoms with Gasteiger partial charge in [-0.1, -0.05) is 24.3 Å². The summed E-state index contributed by atoms with van der Waals surface area (Å²) in [4.78, 5) is 0. The number of ether oxygens (including phenoxy) is 1. The van der Waals surface area contributed by atoms with E-state index in [1.54, 1.807) is 0 Å². The normalized spacial score (nSPS) is 28.7. The molecule has 0 aromatic rings. The summed E-state index contributed by atoms with van der Waals surface area (Å²) in [6, 6.07) is 0. The summed E-state index contributed by atoms with van der Waals surface area (Å²) in [6.07, 6.45) is 14.7. The largest absolute Gasteiger partial charge is 0.481 e. The van der Waals surface area contributed by atoms with Crippen molar-refractivity contribution in [1.82, 2.24) is 0 Å². The van der Waals surface area contributed by atoms with Crippen molar-refractivity contribution in [3.05, 3.63) is 59.4 Å². The fourth-order valence-corrected chi connectivity index (χ4v) is 1.67. The molecule has 0 spiro atoms. The molecule has 1 heteroatoms. The molecule has 1 unspecified atom stereocenters. The first-order valence-electron chi connectivity index (χ1n) is 4.09. The number of hydrogen-bond donors (Lipinski definition) is 0. The van der Waals surface area contributed by atoms with E-state index in [9.17, 15) is 0 Å². The van der Waals surface area contributed by atoms with E-state index in [1.165, 1.54) is 11.1 Å². The molecule has 0 aromatic carbocycles. The first-order valence-corrected chi connectivity index (χ1v) is 4.09. The molecular weight excluding hydrogens is 148 g/mol. The van der Waals surface area contributed by atoms with Gasteiger partial charge >= 0.3 is 0 Å². The number of rotatable bonds is 0. The van der Waals surface area contributed by atoms with Gasteiger partial charge in [-0.3, -0.25) is 0 Å². The van der Waals surface area contributed by atoms with Gasteiger partial charge in [-0.15, -0.1) is 0 Å². The molecule has 1 heterocycles. The highest BCUT2D eigenvalue weighted by Gasteiger charge is 2.23. The van der Waals surface area contributed by atoms with Crippen molar-refractivity contribution in [3.63, 3.8) is 0 Å². The molecule has 0 saturated carbocycles. The third-order valence-corrected chi connectivity index (χ3v) is 2.29. The van der Waals surface area contributed by atoms with Crippen LogP contribution in [0.25, 0.3) is 0 Å². The van der Waals surface area contributed by atoms with E-state index in [2.05, 4.69) is 24.3 Å². The topological polar surface area (TPSA) is 9.23 Å². The second-order valence-electron chi connectivity index (χ2n) is 3.08. The Bertz CT molecular complexity index is 378. The Balaban J connectivity index is 2.12.